The summed E-state index contributed by atoms with van der Waals surface area (Å²) in [4.78, 5) is 0. The summed E-state index contributed by atoms with van der Waals surface area (Å²) in [5.41, 5.74) is 0. The van der Waals surface area contributed by atoms with Gasteiger partial charge in [-0.05, 0) is 0 Å². The van der Waals surface area contributed by atoms with Gasteiger partial charge in [0.1, 0.15) is 0 Å². The number of hydrogen-bond acceptors (Lipinski definition) is 1. The van der Waals surface area contributed by atoms with Crippen LogP contribution < -0.4 is 0 Å². The molecule has 0 spiro atoms. The molecule has 9 heavy (non-hydrogen) atoms. The standard InChI is InChI=1S/C7H16OTe/c1-3-4-5-9-6-7(2)8/h7-8H,3-6H2,1-2H3/t7-/m0/s1. The summed E-state index contributed by atoms with van der Waals surface area (Å²) in [7, 11) is 0. The molecule has 1 atom stereocenters. The van der Waals surface area contributed by atoms with Crippen LogP contribution in [0.4, 0.5) is 0 Å². The molecule has 0 aromatic rings. The van der Waals surface area contributed by atoms with Crippen molar-refractivity contribution in [3.8, 4) is 0 Å². The van der Waals surface area contributed by atoms with Crippen LogP contribution in [0.1, 0.15) is 26.7 Å². The van der Waals surface area contributed by atoms with E-state index < -0.39 is 0 Å². The second-order valence-electron chi connectivity index (χ2n) is 2.28. The van der Waals surface area contributed by atoms with Crippen molar-refractivity contribution in [3.63, 3.8) is 0 Å². The zero-order valence-corrected chi connectivity index (χ0v) is 8.59. The van der Waals surface area contributed by atoms with Gasteiger partial charge in [-0.3, -0.25) is 0 Å². The van der Waals surface area contributed by atoms with Crippen LogP contribution in [0.25, 0.3) is 0 Å². The van der Waals surface area contributed by atoms with Crippen molar-refractivity contribution in [2.24, 2.45) is 0 Å². The van der Waals surface area contributed by atoms with Crippen molar-refractivity contribution in [1.29, 1.82) is 0 Å². The molecular weight excluding hydrogens is 228 g/mol. The predicted octanol–water partition coefficient (Wildman–Crippen LogP) is 1.71. The van der Waals surface area contributed by atoms with Crippen molar-refractivity contribution in [2.45, 2.75) is 41.7 Å². The Bertz CT molecular complexity index is 54.9. The number of unbranched alkanes of at least 4 members (excludes halogenated alkanes) is 1. The van der Waals surface area contributed by atoms with Gasteiger partial charge in [0.15, 0.2) is 0 Å². The molecule has 0 radical (unpaired) electrons. The van der Waals surface area contributed by atoms with E-state index in [1.54, 1.807) is 0 Å². The van der Waals surface area contributed by atoms with Crippen LogP contribution in [-0.2, 0) is 0 Å². The second kappa shape index (κ2) is 6.86. The Balaban J connectivity index is 2.75. The first-order valence-corrected chi connectivity index (χ1v) is 6.82. The van der Waals surface area contributed by atoms with Gasteiger partial charge in [0.2, 0.25) is 0 Å². The number of aliphatic hydroxyl groups excluding tert-OH is 1. The summed E-state index contributed by atoms with van der Waals surface area (Å²) in [6.07, 6.45) is 2.64. The molecule has 2 heteroatoms. The molecular formula is C7H16OTe. The topological polar surface area (TPSA) is 20.2 Å². The molecule has 0 aromatic carbocycles. The summed E-state index contributed by atoms with van der Waals surface area (Å²) >= 11 is 0.172. The Kier molecular flexibility index (Phi) is 7.44. The number of hydrogen-bond donors (Lipinski definition) is 1. The molecule has 1 nitrogen and oxygen atoms in total. The SMILES string of the molecule is CCCC[Te]C[C@H](C)O. The molecule has 0 heterocycles. The molecule has 0 bridgehead atoms. The van der Waals surface area contributed by atoms with E-state index in [0.717, 1.165) is 4.47 Å². The quantitative estimate of drug-likeness (QED) is 0.576. The molecule has 0 rings (SSSR count). The third-order valence-corrected chi connectivity index (χ3v) is 4.70. The van der Waals surface area contributed by atoms with Crippen LogP contribution in [0, 0.1) is 0 Å². The first-order chi connectivity index (χ1) is 4.27. The van der Waals surface area contributed by atoms with Crippen LogP contribution >= 0.6 is 0 Å². The molecule has 0 unspecified atom stereocenters. The zero-order valence-electron chi connectivity index (χ0n) is 6.26. The van der Waals surface area contributed by atoms with Crippen molar-refractivity contribution in [3.05, 3.63) is 0 Å². The average molecular weight is 244 g/mol. The van der Waals surface area contributed by atoms with E-state index in [4.69, 9.17) is 5.11 Å². The Labute approximate surface area is 67.9 Å². The minimum atomic E-state index is -0.0377. The fraction of sp³-hybridized carbons (Fsp3) is 1.00. The molecule has 0 saturated carbocycles. The summed E-state index contributed by atoms with van der Waals surface area (Å²) in [6.45, 7) is 4.10. The Morgan fingerprint density at radius 1 is 1.56 bits per heavy atom. The Morgan fingerprint density at radius 2 is 2.22 bits per heavy atom. The average Bonchev–Trinajstić information content (AvgIpc) is 1.80. The van der Waals surface area contributed by atoms with Gasteiger partial charge in [-0.1, -0.05) is 0 Å². The van der Waals surface area contributed by atoms with Crippen molar-refractivity contribution < 1.29 is 5.11 Å². The van der Waals surface area contributed by atoms with Crippen molar-refractivity contribution in [1.82, 2.24) is 0 Å². The summed E-state index contributed by atoms with van der Waals surface area (Å²) in [6, 6.07) is 0. The van der Waals surface area contributed by atoms with E-state index in [1.807, 2.05) is 6.92 Å². The van der Waals surface area contributed by atoms with Crippen LogP contribution in [-0.4, -0.2) is 32.1 Å². The Morgan fingerprint density at radius 3 is 2.67 bits per heavy atom. The van der Waals surface area contributed by atoms with Gasteiger partial charge in [-0.15, -0.1) is 0 Å². The van der Waals surface area contributed by atoms with E-state index in [0.29, 0.717) is 0 Å². The summed E-state index contributed by atoms with van der Waals surface area (Å²) in [5, 5.41) is 8.88. The van der Waals surface area contributed by atoms with E-state index in [-0.39, 0.29) is 27.0 Å². The van der Waals surface area contributed by atoms with Gasteiger partial charge in [-0.25, -0.2) is 0 Å². The van der Waals surface area contributed by atoms with Gasteiger partial charge in [0.25, 0.3) is 0 Å². The van der Waals surface area contributed by atoms with Gasteiger partial charge in [-0.2, -0.15) is 0 Å². The molecule has 0 aliphatic carbocycles. The van der Waals surface area contributed by atoms with E-state index >= 15 is 0 Å². The molecule has 1 N–H and O–H groups in total. The van der Waals surface area contributed by atoms with E-state index in [2.05, 4.69) is 6.92 Å². The number of aliphatic hydroxyl groups is 1. The van der Waals surface area contributed by atoms with E-state index in [1.165, 1.54) is 17.3 Å². The minimum absolute atomic E-state index is 0.0377. The van der Waals surface area contributed by atoms with Crippen molar-refractivity contribution >= 4 is 20.9 Å². The maximum atomic E-state index is 8.88. The first kappa shape index (κ1) is 9.75. The maximum absolute atomic E-state index is 8.88. The van der Waals surface area contributed by atoms with E-state index in [9.17, 15) is 0 Å². The second-order valence-corrected chi connectivity index (χ2v) is 5.56. The van der Waals surface area contributed by atoms with Gasteiger partial charge in [0.05, 0.1) is 0 Å². The molecule has 0 aliphatic heterocycles. The third kappa shape index (κ3) is 8.75. The van der Waals surface area contributed by atoms with Crippen molar-refractivity contribution in [2.75, 3.05) is 0 Å². The predicted molar refractivity (Wildman–Crippen MR) is 42.0 cm³/mol. The molecule has 0 saturated heterocycles. The fourth-order valence-electron chi connectivity index (χ4n) is 0.500. The van der Waals surface area contributed by atoms with Gasteiger partial charge >= 0.3 is 67.8 Å². The first-order valence-electron chi connectivity index (χ1n) is 3.53. The fourth-order valence-corrected chi connectivity index (χ4v) is 3.36. The van der Waals surface area contributed by atoms with Crippen LogP contribution in [0.2, 0.25) is 8.94 Å². The Hall–Kier alpha value is 0.750. The molecule has 0 aromatic heterocycles. The van der Waals surface area contributed by atoms with Crippen LogP contribution in [0.15, 0.2) is 0 Å². The molecule has 0 fully saturated rings. The molecule has 0 amide bonds. The number of rotatable bonds is 5. The molecule has 56 valence electrons. The molecule has 0 aliphatic rings. The third-order valence-electron chi connectivity index (χ3n) is 1.00. The normalized spacial score (nSPS) is 13.7. The summed E-state index contributed by atoms with van der Waals surface area (Å²) in [5.74, 6) is 0. The monoisotopic (exact) mass is 246 g/mol. The van der Waals surface area contributed by atoms with Gasteiger partial charge < -0.3 is 0 Å². The van der Waals surface area contributed by atoms with Crippen LogP contribution in [0.3, 0.4) is 0 Å². The van der Waals surface area contributed by atoms with Gasteiger partial charge in [0, 0.05) is 0 Å². The van der Waals surface area contributed by atoms with Crippen LogP contribution in [0.5, 0.6) is 0 Å². The summed E-state index contributed by atoms with van der Waals surface area (Å²) < 4.78 is 2.51. The zero-order chi connectivity index (χ0) is 7.11.